The first-order valence-electron chi connectivity index (χ1n) is 10.4. The van der Waals surface area contributed by atoms with Crippen LogP contribution in [-0.4, -0.2) is 32.9 Å². The Kier molecular flexibility index (Phi) is 6.86. The Morgan fingerprint density at radius 3 is 2.46 bits per heavy atom. The molecule has 2 aliphatic heterocycles. The molecule has 2 amide bonds. The van der Waals surface area contributed by atoms with Crippen LogP contribution in [0, 0.1) is 0 Å². The van der Waals surface area contributed by atoms with Gasteiger partial charge in [0.1, 0.15) is 11.4 Å². The predicted octanol–water partition coefficient (Wildman–Crippen LogP) is 4.65. The standard InChI is InChI=1S/C23H32N2O2S/c1-17-23(2,3)28-22-20(21(27)25(17)22)24-19(26)16-12-7-5-4-6-9-13-18-14-10-8-11-15-18/h8,10-11,14-15,20,22H,1,4-7,9,12-13,16H2,2-3H3,(H,24,26)/t20-,22-/m1/s1. The third-order valence-electron chi connectivity index (χ3n) is 5.72. The number of unbranched alkanes of at least 4 members (excludes halogenated alkanes) is 5. The van der Waals surface area contributed by atoms with Crippen LogP contribution in [0.2, 0.25) is 0 Å². The molecule has 152 valence electrons. The second kappa shape index (κ2) is 9.17. The summed E-state index contributed by atoms with van der Waals surface area (Å²) < 4.78 is -0.139. The summed E-state index contributed by atoms with van der Waals surface area (Å²) in [5.74, 6) is -0.0159. The fraction of sp³-hybridized carbons (Fsp3) is 0.565. The average molecular weight is 401 g/mol. The lowest BCUT2D eigenvalue weighted by molar-refractivity contribution is -0.145. The normalized spacial score (nSPS) is 22.7. The quantitative estimate of drug-likeness (QED) is 0.459. The Bertz CT molecular complexity index is 717. The third-order valence-corrected chi connectivity index (χ3v) is 7.27. The Balaban J connectivity index is 1.24. The van der Waals surface area contributed by atoms with Gasteiger partial charge in [-0.1, -0.05) is 62.6 Å². The van der Waals surface area contributed by atoms with Crippen molar-refractivity contribution in [3.63, 3.8) is 0 Å². The maximum atomic E-state index is 12.3. The molecule has 28 heavy (non-hydrogen) atoms. The van der Waals surface area contributed by atoms with Gasteiger partial charge in [0, 0.05) is 12.1 Å². The Hall–Kier alpha value is -1.75. The minimum atomic E-state index is -0.381. The topological polar surface area (TPSA) is 49.4 Å². The lowest BCUT2D eigenvalue weighted by Crippen LogP contribution is -2.66. The van der Waals surface area contributed by atoms with E-state index in [4.69, 9.17) is 0 Å². The Morgan fingerprint density at radius 2 is 1.75 bits per heavy atom. The van der Waals surface area contributed by atoms with Crippen LogP contribution in [0.4, 0.5) is 0 Å². The van der Waals surface area contributed by atoms with Gasteiger partial charge in [-0.15, -0.1) is 11.8 Å². The van der Waals surface area contributed by atoms with Crippen molar-refractivity contribution in [1.29, 1.82) is 0 Å². The minimum Gasteiger partial charge on any atom is -0.342 e. The number of hydrogen-bond donors (Lipinski definition) is 1. The second-order valence-corrected chi connectivity index (χ2v) is 10.1. The minimum absolute atomic E-state index is 0.00186. The number of benzene rings is 1. The predicted molar refractivity (Wildman–Crippen MR) is 116 cm³/mol. The molecule has 2 heterocycles. The number of β-lactam (4-membered cyclic amide) rings is 1. The van der Waals surface area contributed by atoms with Gasteiger partial charge in [0.2, 0.25) is 5.91 Å². The zero-order valence-electron chi connectivity index (χ0n) is 17.1. The summed E-state index contributed by atoms with van der Waals surface area (Å²) in [6.45, 7) is 8.18. The number of fused-ring (bicyclic) bond motifs is 1. The highest BCUT2D eigenvalue weighted by molar-refractivity contribution is 8.01. The van der Waals surface area contributed by atoms with E-state index in [1.165, 1.54) is 31.2 Å². The van der Waals surface area contributed by atoms with Crippen LogP contribution in [0.3, 0.4) is 0 Å². The van der Waals surface area contributed by atoms with E-state index in [-0.39, 0.29) is 28.0 Å². The van der Waals surface area contributed by atoms with Gasteiger partial charge < -0.3 is 5.32 Å². The summed E-state index contributed by atoms with van der Waals surface area (Å²) in [6, 6.07) is 10.2. The highest BCUT2D eigenvalue weighted by Gasteiger charge is 2.58. The molecule has 2 saturated heterocycles. The first-order chi connectivity index (χ1) is 13.4. The number of thioether (sulfide) groups is 1. The van der Waals surface area contributed by atoms with Gasteiger partial charge >= 0.3 is 0 Å². The van der Waals surface area contributed by atoms with E-state index in [9.17, 15) is 9.59 Å². The van der Waals surface area contributed by atoms with E-state index in [2.05, 4.69) is 56.1 Å². The molecule has 0 bridgehead atoms. The first kappa shape index (κ1) is 21.0. The molecule has 5 heteroatoms. The van der Waals surface area contributed by atoms with Crippen molar-refractivity contribution < 1.29 is 9.59 Å². The second-order valence-electron chi connectivity index (χ2n) is 8.33. The molecule has 1 aromatic carbocycles. The van der Waals surface area contributed by atoms with Crippen LogP contribution in [0.1, 0.15) is 64.4 Å². The molecule has 0 spiro atoms. The summed E-state index contributed by atoms with van der Waals surface area (Å²) in [6.07, 6.45) is 8.49. The SMILES string of the molecule is C=C1N2C(=O)[C@@H](NC(=O)CCCCCCCCc3ccccc3)[C@H]2SC1(C)C. The number of carbonyl (C=O) groups excluding carboxylic acids is 2. The van der Waals surface area contributed by atoms with Crippen LogP contribution < -0.4 is 5.32 Å². The Morgan fingerprint density at radius 1 is 1.11 bits per heavy atom. The van der Waals surface area contributed by atoms with Crippen LogP contribution in [0.5, 0.6) is 0 Å². The van der Waals surface area contributed by atoms with Gasteiger partial charge in [-0.05, 0) is 38.7 Å². The number of amides is 2. The van der Waals surface area contributed by atoms with Crippen molar-refractivity contribution in [2.45, 2.75) is 81.4 Å². The van der Waals surface area contributed by atoms with Crippen LogP contribution in [0.15, 0.2) is 42.6 Å². The van der Waals surface area contributed by atoms with Gasteiger partial charge in [-0.25, -0.2) is 0 Å². The number of nitrogens with zero attached hydrogens (tertiary/aromatic N) is 1. The van der Waals surface area contributed by atoms with Gasteiger partial charge in [0.25, 0.3) is 5.91 Å². The van der Waals surface area contributed by atoms with E-state index < -0.39 is 0 Å². The van der Waals surface area contributed by atoms with Crippen molar-refractivity contribution >= 4 is 23.6 Å². The lowest BCUT2D eigenvalue weighted by atomic mass is 10.0. The summed E-state index contributed by atoms with van der Waals surface area (Å²) in [7, 11) is 0. The monoisotopic (exact) mass is 400 g/mol. The fourth-order valence-corrected chi connectivity index (χ4v) is 5.37. The molecule has 4 nitrogen and oxygen atoms in total. The molecular formula is C23H32N2O2S. The molecule has 0 unspecified atom stereocenters. The van der Waals surface area contributed by atoms with Gasteiger partial charge in [0.05, 0.1) is 4.75 Å². The molecule has 1 aromatic rings. The molecule has 2 aliphatic rings. The zero-order valence-corrected chi connectivity index (χ0v) is 17.9. The highest BCUT2D eigenvalue weighted by Crippen LogP contribution is 2.52. The summed E-state index contributed by atoms with van der Waals surface area (Å²) in [4.78, 5) is 26.2. The molecule has 0 aromatic heterocycles. The molecule has 3 rings (SSSR count). The maximum absolute atomic E-state index is 12.3. The molecule has 2 fully saturated rings. The van der Waals surface area contributed by atoms with E-state index in [0.717, 1.165) is 25.0 Å². The van der Waals surface area contributed by atoms with Crippen LogP contribution in [0.25, 0.3) is 0 Å². The molecule has 0 saturated carbocycles. The van der Waals surface area contributed by atoms with Crippen LogP contribution in [-0.2, 0) is 16.0 Å². The van der Waals surface area contributed by atoms with E-state index in [1.54, 1.807) is 16.7 Å². The molecule has 1 N–H and O–H groups in total. The average Bonchev–Trinajstić information content (AvgIpc) is 2.89. The van der Waals surface area contributed by atoms with Gasteiger partial charge in [0.15, 0.2) is 0 Å². The third kappa shape index (κ3) is 4.80. The Labute approximate surface area is 173 Å². The number of aryl methyl sites for hydroxylation is 1. The first-order valence-corrected chi connectivity index (χ1v) is 11.3. The lowest BCUT2D eigenvalue weighted by Gasteiger charge is -2.41. The van der Waals surface area contributed by atoms with Gasteiger partial charge in [-0.2, -0.15) is 0 Å². The van der Waals surface area contributed by atoms with E-state index in [1.807, 2.05) is 0 Å². The van der Waals surface area contributed by atoms with Crippen LogP contribution >= 0.6 is 11.8 Å². The molecule has 0 aliphatic carbocycles. The molecule has 2 atom stereocenters. The zero-order chi connectivity index (χ0) is 20.1. The number of rotatable bonds is 10. The maximum Gasteiger partial charge on any atom is 0.253 e. The van der Waals surface area contributed by atoms with Crippen molar-refractivity contribution in [2.24, 2.45) is 0 Å². The van der Waals surface area contributed by atoms with Crippen molar-refractivity contribution in [1.82, 2.24) is 10.2 Å². The highest BCUT2D eigenvalue weighted by atomic mass is 32.2. The summed E-state index contributed by atoms with van der Waals surface area (Å²) in [5.41, 5.74) is 2.26. The molecular weight excluding hydrogens is 368 g/mol. The molecule has 0 radical (unpaired) electrons. The van der Waals surface area contributed by atoms with Crippen molar-refractivity contribution in [2.75, 3.05) is 0 Å². The van der Waals surface area contributed by atoms with Crippen molar-refractivity contribution in [3.8, 4) is 0 Å². The van der Waals surface area contributed by atoms with Crippen molar-refractivity contribution in [3.05, 3.63) is 48.2 Å². The number of carbonyl (C=O) groups is 2. The van der Waals surface area contributed by atoms with E-state index in [0.29, 0.717) is 6.42 Å². The summed E-state index contributed by atoms with van der Waals surface area (Å²) in [5, 5.41) is 2.95. The number of hydrogen-bond acceptors (Lipinski definition) is 3. The number of nitrogens with one attached hydrogen (secondary N) is 1. The van der Waals surface area contributed by atoms with E-state index >= 15 is 0 Å². The fourth-order valence-electron chi connectivity index (χ4n) is 3.88. The smallest absolute Gasteiger partial charge is 0.253 e. The largest absolute Gasteiger partial charge is 0.342 e. The van der Waals surface area contributed by atoms with Gasteiger partial charge in [-0.3, -0.25) is 14.5 Å². The summed E-state index contributed by atoms with van der Waals surface area (Å²) >= 11 is 1.71.